The molecular formula is C18H26N2O2. The highest BCUT2D eigenvalue weighted by Crippen LogP contribution is 2.34. The number of aliphatic hydroxyl groups excluding tert-OH is 1. The predicted molar refractivity (Wildman–Crippen MR) is 89.3 cm³/mol. The van der Waals surface area contributed by atoms with Crippen molar-refractivity contribution < 1.29 is 9.84 Å². The number of methoxy groups -OCH3 is 1. The topological polar surface area (TPSA) is 48.5 Å². The molecule has 0 aliphatic carbocycles. The zero-order valence-electron chi connectivity index (χ0n) is 13.8. The van der Waals surface area contributed by atoms with E-state index in [2.05, 4.69) is 35.9 Å². The molecule has 2 heterocycles. The van der Waals surface area contributed by atoms with Gasteiger partial charge < -0.3 is 14.8 Å². The van der Waals surface area contributed by atoms with E-state index >= 15 is 0 Å². The van der Waals surface area contributed by atoms with Crippen molar-refractivity contribution in [3.05, 3.63) is 29.5 Å². The van der Waals surface area contributed by atoms with Crippen molar-refractivity contribution in [1.82, 2.24) is 9.88 Å². The number of nitrogens with zero attached hydrogens (tertiary/aromatic N) is 1. The van der Waals surface area contributed by atoms with Crippen molar-refractivity contribution in [2.45, 2.75) is 33.2 Å². The molecule has 4 heteroatoms. The summed E-state index contributed by atoms with van der Waals surface area (Å²) in [6, 6.07) is 4.26. The molecule has 1 saturated heterocycles. The molecule has 0 saturated carbocycles. The minimum Gasteiger partial charge on any atom is -0.496 e. The molecule has 1 aliphatic heterocycles. The molecule has 1 aromatic carbocycles. The number of benzene rings is 1. The third-order valence-electron chi connectivity index (χ3n) is 5.16. The second-order valence-electron chi connectivity index (χ2n) is 6.89. The lowest BCUT2D eigenvalue weighted by Gasteiger charge is -2.38. The molecular weight excluding hydrogens is 276 g/mol. The van der Waals surface area contributed by atoms with E-state index in [9.17, 15) is 5.11 Å². The standard InChI is InChI=1S/C18H26N2O2/c1-13-10-16(22-3)15(14-4-7-19-17(13)14)11-20-8-5-18(2,12-21)6-9-20/h4,7,10,19,21H,5-6,8-9,11-12H2,1-3H3. The number of hydrogen-bond donors (Lipinski definition) is 2. The second-order valence-corrected chi connectivity index (χ2v) is 6.89. The molecule has 1 aromatic heterocycles. The van der Waals surface area contributed by atoms with Gasteiger partial charge in [-0.25, -0.2) is 0 Å². The Hall–Kier alpha value is -1.52. The Morgan fingerprint density at radius 3 is 2.73 bits per heavy atom. The maximum atomic E-state index is 9.51. The van der Waals surface area contributed by atoms with Crippen molar-refractivity contribution >= 4 is 10.9 Å². The first-order valence-corrected chi connectivity index (χ1v) is 8.03. The lowest BCUT2D eigenvalue weighted by atomic mass is 9.81. The van der Waals surface area contributed by atoms with E-state index in [1.54, 1.807) is 7.11 Å². The number of aliphatic hydroxyl groups is 1. The van der Waals surface area contributed by atoms with Gasteiger partial charge in [-0.3, -0.25) is 4.90 Å². The molecule has 4 nitrogen and oxygen atoms in total. The van der Waals surface area contributed by atoms with Gasteiger partial charge in [-0.05, 0) is 56.0 Å². The molecule has 2 N–H and O–H groups in total. The number of ether oxygens (including phenoxy) is 1. The van der Waals surface area contributed by atoms with Crippen molar-refractivity contribution in [3.63, 3.8) is 0 Å². The normalized spacial score (nSPS) is 18.7. The van der Waals surface area contributed by atoms with Crippen molar-refractivity contribution in [2.24, 2.45) is 5.41 Å². The molecule has 1 aliphatic rings. The first-order chi connectivity index (χ1) is 10.6. The van der Waals surface area contributed by atoms with Crippen molar-refractivity contribution in [3.8, 4) is 5.75 Å². The van der Waals surface area contributed by atoms with Gasteiger partial charge in [0.15, 0.2) is 0 Å². The fraction of sp³-hybridized carbons (Fsp3) is 0.556. The zero-order chi connectivity index (χ0) is 15.7. The average molecular weight is 302 g/mol. The summed E-state index contributed by atoms with van der Waals surface area (Å²) in [6.07, 6.45) is 4.10. The molecule has 0 unspecified atom stereocenters. The molecule has 120 valence electrons. The van der Waals surface area contributed by atoms with Crippen LogP contribution in [0, 0.1) is 12.3 Å². The van der Waals surface area contributed by atoms with Crippen LogP contribution in [0.25, 0.3) is 10.9 Å². The quantitative estimate of drug-likeness (QED) is 0.912. The smallest absolute Gasteiger partial charge is 0.124 e. The number of aromatic amines is 1. The Labute approximate surface area is 132 Å². The molecule has 0 bridgehead atoms. The van der Waals surface area contributed by atoms with Gasteiger partial charge in [-0.1, -0.05) is 6.92 Å². The maximum absolute atomic E-state index is 9.51. The number of likely N-dealkylation sites (tertiary alicyclic amines) is 1. The number of rotatable bonds is 4. The largest absolute Gasteiger partial charge is 0.496 e. The van der Waals surface area contributed by atoms with E-state index in [-0.39, 0.29) is 12.0 Å². The Morgan fingerprint density at radius 2 is 2.09 bits per heavy atom. The first-order valence-electron chi connectivity index (χ1n) is 8.03. The zero-order valence-corrected chi connectivity index (χ0v) is 13.8. The van der Waals surface area contributed by atoms with Crippen molar-refractivity contribution in [2.75, 3.05) is 26.8 Å². The van der Waals surface area contributed by atoms with Gasteiger partial charge in [0.1, 0.15) is 5.75 Å². The third kappa shape index (κ3) is 2.73. The van der Waals surface area contributed by atoms with Crippen LogP contribution >= 0.6 is 0 Å². The minimum absolute atomic E-state index is 0.0945. The molecule has 0 amide bonds. The average Bonchev–Trinajstić information content (AvgIpc) is 3.02. The molecule has 2 aromatic rings. The lowest BCUT2D eigenvalue weighted by molar-refractivity contribution is 0.0556. The fourth-order valence-corrected chi connectivity index (χ4v) is 3.41. The highest BCUT2D eigenvalue weighted by Gasteiger charge is 2.29. The number of nitrogens with one attached hydrogen (secondary N) is 1. The van der Waals surface area contributed by atoms with E-state index < -0.39 is 0 Å². The lowest BCUT2D eigenvalue weighted by Crippen LogP contribution is -2.40. The summed E-state index contributed by atoms with van der Waals surface area (Å²) in [6.45, 7) is 7.54. The van der Waals surface area contributed by atoms with Gasteiger partial charge in [0, 0.05) is 35.8 Å². The van der Waals surface area contributed by atoms with Gasteiger partial charge in [0.05, 0.1) is 7.11 Å². The van der Waals surface area contributed by atoms with Crippen LogP contribution in [0.5, 0.6) is 5.75 Å². The summed E-state index contributed by atoms with van der Waals surface area (Å²) in [5.74, 6) is 0.972. The van der Waals surface area contributed by atoms with Crippen LogP contribution in [0.2, 0.25) is 0 Å². The summed E-state index contributed by atoms with van der Waals surface area (Å²) >= 11 is 0. The van der Waals surface area contributed by atoms with Crippen LogP contribution in [0.3, 0.4) is 0 Å². The van der Waals surface area contributed by atoms with Gasteiger partial charge in [-0.15, -0.1) is 0 Å². The fourth-order valence-electron chi connectivity index (χ4n) is 3.41. The first kappa shape index (κ1) is 15.4. The summed E-state index contributed by atoms with van der Waals surface area (Å²) in [5.41, 5.74) is 3.77. The number of aryl methyl sites for hydroxylation is 1. The number of hydrogen-bond acceptors (Lipinski definition) is 3. The molecule has 3 rings (SSSR count). The highest BCUT2D eigenvalue weighted by atomic mass is 16.5. The van der Waals surface area contributed by atoms with E-state index in [1.807, 2.05) is 6.20 Å². The van der Waals surface area contributed by atoms with Crippen LogP contribution in [0.4, 0.5) is 0 Å². The minimum atomic E-state index is 0.0945. The third-order valence-corrected chi connectivity index (χ3v) is 5.16. The van der Waals surface area contributed by atoms with Crippen molar-refractivity contribution in [1.29, 1.82) is 0 Å². The van der Waals surface area contributed by atoms with Crippen LogP contribution in [-0.4, -0.2) is 41.8 Å². The predicted octanol–water partition coefficient (Wildman–Crippen LogP) is 3.08. The molecule has 1 fully saturated rings. The SMILES string of the molecule is COc1cc(C)c2[nH]ccc2c1CN1CCC(C)(CO)CC1. The summed E-state index contributed by atoms with van der Waals surface area (Å²) < 4.78 is 5.63. The number of aromatic nitrogens is 1. The van der Waals surface area contributed by atoms with Gasteiger partial charge in [0.2, 0.25) is 0 Å². The van der Waals surface area contributed by atoms with Crippen LogP contribution in [-0.2, 0) is 6.54 Å². The van der Waals surface area contributed by atoms with Crippen LogP contribution in [0.1, 0.15) is 30.9 Å². The maximum Gasteiger partial charge on any atom is 0.124 e. The van der Waals surface area contributed by atoms with E-state index in [4.69, 9.17) is 4.74 Å². The second kappa shape index (κ2) is 5.94. The summed E-state index contributed by atoms with van der Waals surface area (Å²) in [4.78, 5) is 5.80. The Bertz CT molecular complexity index is 654. The molecule has 0 radical (unpaired) electrons. The van der Waals surface area contributed by atoms with Gasteiger partial charge >= 0.3 is 0 Å². The van der Waals surface area contributed by atoms with Crippen LogP contribution < -0.4 is 4.74 Å². The Kier molecular flexibility index (Phi) is 4.15. The van der Waals surface area contributed by atoms with E-state index in [0.717, 1.165) is 38.2 Å². The molecule has 22 heavy (non-hydrogen) atoms. The number of H-pyrrole nitrogens is 1. The van der Waals surface area contributed by atoms with E-state index in [0.29, 0.717) is 0 Å². The van der Waals surface area contributed by atoms with Crippen LogP contribution in [0.15, 0.2) is 18.3 Å². The summed E-state index contributed by atoms with van der Waals surface area (Å²) in [5, 5.41) is 10.8. The monoisotopic (exact) mass is 302 g/mol. The Balaban J connectivity index is 1.85. The van der Waals surface area contributed by atoms with E-state index in [1.165, 1.54) is 22.0 Å². The Morgan fingerprint density at radius 1 is 1.36 bits per heavy atom. The molecule has 0 spiro atoms. The number of piperidine rings is 1. The molecule has 0 atom stereocenters. The summed E-state index contributed by atoms with van der Waals surface area (Å²) in [7, 11) is 1.75. The van der Waals surface area contributed by atoms with Gasteiger partial charge in [-0.2, -0.15) is 0 Å². The highest BCUT2D eigenvalue weighted by molar-refractivity contribution is 5.88. The number of fused-ring (bicyclic) bond motifs is 1. The van der Waals surface area contributed by atoms with Gasteiger partial charge in [0.25, 0.3) is 0 Å².